The van der Waals surface area contributed by atoms with Crippen molar-refractivity contribution < 1.29 is 4.42 Å². The Bertz CT molecular complexity index is 2180. The Morgan fingerprint density at radius 2 is 0.667 bits per heavy atom. The molecule has 0 amide bonds. The summed E-state index contributed by atoms with van der Waals surface area (Å²) in [6, 6.07) is 48.4. The molecule has 1 aromatic heterocycles. The van der Waals surface area contributed by atoms with Crippen LogP contribution < -0.4 is 0 Å². The molecular weight excluding hydrogens is 544 g/mol. The molecule has 0 radical (unpaired) electrons. The van der Waals surface area contributed by atoms with E-state index in [-0.39, 0.29) is 0 Å². The molecule has 0 saturated heterocycles. The average molecular weight is 579 g/mol. The molecule has 0 saturated carbocycles. The summed E-state index contributed by atoms with van der Waals surface area (Å²) in [5.41, 5.74) is 12.1. The summed E-state index contributed by atoms with van der Waals surface area (Å²) in [6.45, 7) is 8.75. The standard InChI is InChI=1S/C44H34O/c1-27-15-13-16-28(2)39(27)43-37-25-35-36(26-38(37)44(45-43)40-29(3)17-14-18-30(40)4)42(32-21-9-6-10-22-32)34-24-12-11-23-33(34)41(35)31-19-7-5-8-20-31/h5-26H,1-4H3. The molecule has 0 unspecified atom stereocenters. The number of hydrogen-bond donors (Lipinski definition) is 0. The van der Waals surface area contributed by atoms with E-state index < -0.39 is 0 Å². The Balaban J connectivity index is 1.63. The monoisotopic (exact) mass is 578 g/mol. The number of benzene rings is 7. The van der Waals surface area contributed by atoms with E-state index in [0.29, 0.717) is 0 Å². The van der Waals surface area contributed by atoms with Gasteiger partial charge in [-0.3, -0.25) is 0 Å². The lowest BCUT2D eigenvalue weighted by atomic mass is 9.84. The third-order valence-electron chi connectivity index (χ3n) is 9.40. The molecular formula is C44H34O. The van der Waals surface area contributed by atoms with Gasteiger partial charge in [0.05, 0.1) is 0 Å². The van der Waals surface area contributed by atoms with Crippen LogP contribution in [-0.2, 0) is 0 Å². The highest BCUT2D eigenvalue weighted by Crippen LogP contribution is 2.49. The van der Waals surface area contributed by atoms with E-state index in [1.807, 2.05) is 0 Å². The molecule has 0 aliphatic carbocycles. The molecule has 0 aliphatic rings. The Kier molecular flexibility index (Phi) is 6.43. The SMILES string of the molecule is Cc1cccc(C)c1-c1oc(-c2c(C)cccc2C)c2cc3c(-c4ccccc4)c4ccccc4c(-c4ccccc4)c3cc12. The summed E-state index contributed by atoms with van der Waals surface area (Å²) in [5, 5.41) is 7.25. The summed E-state index contributed by atoms with van der Waals surface area (Å²) < 4.78 is 7.12. The van der Waals surface area contributed by atoms with E-state index in [4.69, 9.17) is 4.42 Å². The van der Waals surface area contributed by atoms with Crippen molar-refractivity contribution in [3.63, 3.8) is 0 Å². The molecule has 1 heterocycles. The van der Waals surface area contributed by atoms with Crippen LogP contribution in [-0.4, -0.2) is 0 Å². The van der Waals surface area contributed by atoms with Crippen LogP contribution in [0.4, 0.5) is 0 Å². The lowest BCUT2D eigenvalue weighted by molar-refractivity contribution is 0.600. The van der Waals surface area contributed by atoms with Crippen LogP contribution in [0.25, 0.3) is 77.2 Å². The van der Waals surface area contributed by atoms with Gasteiger partial charge in [-0.2, -0.15) is 0 Å². The fraction of sp³-hybridized carbons (Fsp3) is 0.0909. The van der Waals surface area contributed by atoms with E-state index in [9.17, 15) is 0 Å². The van der Waals surface area contributed by atoms with Gasteiger partial charge >= 0.3 is 0 Å². The second kappa shape index (κ2) is 10.6. The van der Waals surface area contributed by atoms with Gasteiger partial charge in [0.15, 0.2) is 0 Å². The molecule has 216 valence electrons. The third kappa shape index (κ3) is 4.30. The summed E-state index contributed by atoms with van der Waals surface area (Å²) in [5.74, 6) is 1.88. The molecule has 1 heteroatoms. The molecule has 1 nitrogen and oxygen atoms in total. The van der Waals surface area contributed by atoms with Crippen LogP contribution in [0.5, 0.6) is 0 Å². The normalized spacial score (nSPS) is 11.6. The predicted octanol–water partition coefficient (Wildman–Crippen LogP) is 12.6. The lowest BCUT2D eigenvalue weighted by Gasteiger charge is -2.18. The molecule has 0 N–H and O–H groups in total. The van der Waals surface area contributed by atoms with Gasteiger partial charge < -0.3 is 4.42 Å². The molecule has 0 spiro atoms. The maximum Gasteiger partial charge on any atom is 0.143 e. The number of hydrogen-bond acceptors (Lipinski definition) is 1. The Morgan fingerprint density at radius 1 is 0.311 bits per heavy atom. The predicted molar refractivity (Wildman–Crippen MR) is 192 cm³/mol. The Hall–Kier alpha value is -5.40. The van der Waals surface area contributed by atoms with Crippen molar-refractivity contribution in [2.45, 2.75) is 27.7 Å². The second-order valence-corrected chi connectivity index (χ2v) is 12.3. The zero-order chi connectivity index (χ0) is 30.7. The minimum Gasteiger partial charge on any atom is -0.455 e. The van der Waals surface area contributed by atoms with Crippen LogP contribution in [0.2, 0.25) is 0 Å². The van der Waals surface area contributed by atoms with Crippen molar-refractivity contribution in [2.75, 3.05) is 0 Å². The Labute approximate surface area is 264 Å². The summed E-state index contributed by atoms with van der Waals surface area (Å²) in [7, 11) is 0. The highest BCUT2D eigenvalue weighted by Gasteiger charge is 2.24. The van der Waals surface area contributed by atoms with Crippen LogP contribution in [0.15, 0.2) is 138 Å². The van der Waals surface area contributed by atoms with Gasteiger partial charge in [-0.1, -0.05) is 121 Å². The van der Waals surface area contributed by atoms with Gasteiger partial charge in [0, 0.05) is 21.9 Å². The first-order valence-corrected chi connectivity index (χ1v) is 15.7. The highest BCUT2D eigenvalue weighted by molar-refractivity contribution is 6.25. The Morgan fingerprint density at radius 3 is 1.04 bits per heavy atom. The quantitative estimate of drug-likeness (QED) is 0.189. The molecule has 8 aromatic rings. The number of fused-ring (bicyclic) bond motifs is 3. The maximum absolute atomic E-state index is 7.12. The minimum atomic E-state index is 0.939. The number of furan rings is 1. The lowest BCUT2D eigenvalue weighted by Crippen LogP contribution is -1.92. The highest BCUT2D eigenvalue weighted by atomic mass is 16.3. The fourth-order valence-electron chi connectivity index (χ4n) is 7.36. The van der Waals surface area contributed by atoms with Crippen molar-refractivity contribution in [3.8, 4) is 44.9 Å². The van der Waals surface area contributed by atoms with E-state index in [0.717, 1.165) is 22.3 Å². The minimum absolute atomic E-state index is 0.939. The molecule has 7 aromatic carbocycles. The maximum atomic E-state index is 7.12. The van der Waals surface area contributed by atoms with E-state index in [2.05, 4.69) is 161 Å². The van der Waals surface area contributed by atoms with Gasteiger partial charge in [-0.05, 0) is 106 Å². The smallest absolute Gasteiger partial charge is 0.143 e. The van der Waals surface area contributed by atoms with Crippen molar-refractivity contribution in [1.29, 1.82) is 0 Å². The van der Waals surface area contributed by atoms with Crippen molar-refractivity contribution in [2.24, 2.45) is 0 Å². The van der Waals surface area contributed by atoms with E-state index >= 15 is 0 Å². The number of rotatable bonds is 4. The van der Waals surface area contributed by atoms with Gasteiger partial charge in [0.25, 0.3) is 0 Å². The first-order valence-electron chi connectivity index (χ1n) is 15.7. The summed E-state index contributed by atoms with van der Waals surface area (Å²) in [4.78, 5) is 0. The van der Waals surface area contributed by atoms with Crippen LogP contribution in [0, 0.1) is 27.7 Å². The number of aryl methyl sites for hydroxylation is 4. The average Bonchev–Trinajstić information content (AvgIpc) is 3.40. The zero-order valence-electron chi connectivity index (χ0n) is 26.1. The molecule has 0 atom stereocenters. The van der Waals surface area contributed by atoms with Crippen LogP contribution in [0.1, 0.15) is 22.3 Å². The van der Waals surface area contributed by atoms with Crippen molar-refractivity contribution in [1.82, 2.24) is 0 Å². The fourth-order valence-corrected chi connectivity index (χ4v) is 7.36. The van der Waals surface area contributed by atoms with Gasteiger partial charge in [-0.25, -0.2) is 0 Å². The van der Waals surface area contributed by atoms with Crippen LogP contribution in [0.3, 0.4) is 0 Å². The summed E-state index contributed by atoms with van der Waals surface area (Å²) >= 11 is 0. The van der Waals surface area contributed by atoms with Gasteiger partial charge in [0.1, 0.15) is 11.5 Å². The van der Waals surface area contributed by atoms with Crippen LogP contribution >= 0.6 is 0 Å². The molecule has 0 fully saturated rings. The first kappa shape index (κ1) is 27.2. The van der Waals surface area contributed by atoms with Crippen molar-refractivity contribution >= 4 is 32.3 Å². The van der Waals surface area contributed by atoms with E-state index in [1.54, 1.807) is 0 Å². The topological polar surface area (TPSA) is 13.1 Å². The molecule has 0 aliphatic heterocycles. The second-order valence-electron chi connectivity index (χ2n) is 12.3. The van der Waals surface area contributed by atoms with Gasteiger partial charge in [-0.15, -0.1) is 0 Å². The molecule has 8 rings (SSSR count). The largest absolute Gasteiger partial charge is 0.455 e. The summed E-state index contributed by atoms with van der Waals surface area (Å²) in [6.07, 6.45) is 0. The zero-order valence-corrected chi connectivity index (χ0v) is 26.1. The van der Waals surface area contributed by atoms with E-state index in [1.165, 1.54) is 77.2 Å². The third-order valence-corrected chi connectivity index (χ3v) is 9.40. The first-order chi connectivity index (χ1) is 22.0. The molecule has 45 heavy (non-hydrogen) atoms. The van der Waals surface area contributed by atoms with Crippen molar-refractivity contribution in [3.05, 3.63) is 156 Å². The van der Waals surface area contributed by atoms with Gasteiger partial charge in [0.2, 0.25) is 0 Å². The molecule has 0 bridgehead atoms.